The van der Waals surface area contributed by atoms with Gasteiger partial charge in [-0.15, -0.1) is 0 Å². The van der Waals surface area contributed by atoms with Crippen LogP contribution in [-0.4, -0.2) is 32.2 Å². The summed E-state index contributed by atoms with van der Waals surface area (Å²) in [6.07, 6.45) is 2.67. The Balaban J connectivity index is 0. The van der Waals surface area contributed by atoms with Crippen LogP contribution in [0.15, 0.2) is 0 Å². The SMILES string of the molecule is CCCC[N+](C)(C)C.[Br-]. The highest BCUT2D eigenvalue weighted by Gasteiger charge is 2.02. The van der Waals surface area contributed by atoms with Gasteiger partial charge >= 0.3 is 0 Å². The number of hydrogen-bond donors (Lipinski definition) is 0. The fourth-order valence-electron chi connectivity index (χ4n) is 0.632. The van der Waals surface area contributed by atoms with Gasteiger partial charge < -0.3 is 21.5 Å². The summed E-state index contributed by atoms with van der Waals surface area (Å²) in [5.41, 5.74) is 0. The molecule has 0 aromatic heterocycles. The molecule has 0 unspecified atom stereocenters. The number of quaternary nitrogens is 1. The second kappa shape index (κ2) is 5.24. The van der Waals surface area contributed by atoms with E-state index in [0.29, 0.717) is 0 Å². The van der Waals surface area contributed by atoms with Crippen molar-refractivity contribution in [2.45, 2.75) is 19.8 Å². The lowest BCUT2D eigenvalue weighted by atomic mass is 10.3. The average molecular weight is 196 g/mol. The van der Waals surface area contributed by atoms with Crippen LogP contribution in [0.4, 0.5) is 0 Å². The van der Waals surface area contributed by atoms with Gasteiger partial charge in [-0.2, -0.15) is 0 Å². The minimum atomic E-state index is 0. The van der Waals surface area contributed by atoms with Crippen molar-refractivity contribution in [1.29, 1.82) is 0 Å². The topological polar surface area (TPSA) is 0 Å². The van der Waals surface area contributed by atoms with Gasteiger partial charge in [0.25, 0.3) is 0 Å². The van der Waals surface area contributed by atoms with Crippen molar-refractivity contribution in [1.82, 2.24) is 0 Å². The molecule has 0 saturated heterocycles. The molecule has 0 N–H and O–H groups in total. The molecule has 0 aliphatic rings. The highest BCUT2D eigenvalue weighted by atomic mass is 79.9. The highest BCUT2D eigenvalue weighted by molar-refractivity contribution is 4.29. The molecule has 0 rings (SSSR count). The van der Waals surface area contributed by atoms with E-state index < -0.39 is 0 Å². The van der Waals surface area contributed by atoms with Gasteiger partial charge in [-0.1, -0.05) is 13.3 Å². The van der Waals surface area contributed by atoms with E-state index in [9.17, 15) is 0 Å². The predicted octanol–water partition coefficient (Wildman–Crippen LogP) is -1.50. The normalized spacial score (nSPS) is 10.7. The molecule has 2 heteroatoms. The summed E-state index contributed by atoms with van der Waals surface area (Å²) in [5.74, 6) is 0. The molecular weight excluding hydrogens is 178 g/mol. The molecule has 0 heterocycles. The van der Waals surface area contributed by atoms with Crippen molar-refractivity contribution < 1.29 is 21.5 Å². The third-order valence-electron chi connectivity index (χ3n) is 1.18. The molecule has 58 valence electrons. The van der Waals surface area contributed by atoms with Crippen LogP contribution in [0.2, 0.25) is 0 Å². The van der Waals surface area contributed by atoms with Crippen LogP contribution >= 0.6 is 0 Å². The van der Waals surface area contributed by atoms with Crippen LogP contribution in [-0.2, 0) is 0 Å². The first-order chi connectivity index (χ1) is 3.56. The minimum absolute atomic E-state index is 0. The van der Waals surface area contributed by atoms with E-state index in [1.54, 1.807) is 0 Å². The monoisotopic (exact) mass is 195 g/mol. The first-order valence-corrected chi connectivity index (χ1v) is 3.36. The van der Waals surface area contributed by atoms with E-state index in [2.05, 4.69) is 28.1 Å². The Kier molecular flexibility index (Phi) is 7.08. The third-order valence-corrected chi connectivity index (χ3v) is 1.18. The number of nitrogens with zero attached hydrogens (tertiary/aromatic N) is 1. The van der Waals surface area contributed by atoms with Gasteiger partial charge in [0.15, 0.2) is 0 Å². The number of halogens is 1. The molecule has 0 fully saturated rings. The van der Waals surface area contributed by atoms with Crippen molar-refractivity contribution in [3.05, 3.63) is 0 Å². The van der Waals surface area contributed by atoms with Gasteiger partial charge in [0.1, 0.15) is 0 Å². The zero-order chi connectivity index (χ0) is 6.62. The summed E-state index contributed by atoms with van der Waals surface area (Å²) in [5, 5.41) is 0. The number of rotatable bonds is 3. The average Bonchev–Trinajstić information content (AvgIpc) is 1.59. The second-order valence-corrected chi connectivity index (χ2v) is 3.37. The predicted molar refractivity (Wildman–Crippen MR) is 37.8 cm³/mol. The molecule has 0 saturated carbocycles. The summed E-state index contributed by atoms with van der Waals surface area (Å²) >= 11 is 0. The lowest BCUT2D eigenvalue weighted by Crippen LogP contribution is -3.00. The Morgan fingerprint density at radius 2 is 1.56 bits per heavy atom. The highest BCUT2D eigenvalue weighted by Crippen LogP contribution is 1.94. The standard InChI is InChI=1S/C7H18N.BrH/c1-5-6-7-8(2,3)4;/h5-7H2,1-4H3;1H/q+1;/p-1. The first kappa shape index (κ1) is 12.1. The first-order valence-electron chi connectivity index (χ1n) is 3.36. The molecule has 1 nitrogen and oxygen atoms in total. The smallest absolute Gasteiger partial charge is 0.0780 e. The van der Waals surface area contributed by atoms with E-state index in [4.69, 9.17) is 0 Å². The summed E-state index contributed by atoms with van der Waals surface area (Å²) < 4.78 is 1.10. The molecule has 0 spiro atoms. The largest absolute Gasteiger partial charge is 1.00 e. The summed E-state index contributed by atoms with van der Waals surface area (Å²) in [6.45, 7) is 3.53. The fourth-order valence-corrected chi connectivity index (χ4v) is 0.632. The molecule has 0 aliphatic heterocycles. The van der Waals surface area contributed by atoms with Gasteiger partial charge in [-0.3, -0.25) is 0 Å². The lowest BCUT2D eigenvalue weighted by Gasteiger charge is -2.23. The van der Waals surface area contributed by atoms with Crippen LogP contribution < -0.4 is 17.0 Å². The molecule has 0 atom stereocenters. The van der Waals surface area contributed by atoms with Crippen LogP contribution in [0.1, 0.15) is 19.8 Å². The minimum Gasteiger partial charge on any atom is -1.00 e. The van der Waals surface area contributed by atoms with Gasteiger partial charge in [-0.25, -0.2) is 0 Å². The second-order valence-electron chi connectivity index (χ2n) is 3.37. The zero-order valence-electron chi connectivity index (χ0n) is 6.95. The van der Waals surface area contributed by atoms with Crippen molar-refractivity contribution in [2.75, 3.05) is 27.7 Å². The number of unbranched alkanes of at least 4 members (excludes halogenated alkanes) is 1. The maximum absolute atomic E-state index is 2.23. The van der Waals surface area contributed by atoms with E-state index >= 15 is 0 Å². The van der Waals surface area contributed by atoms with Crippen LogP contribution in [0.25, 0.3) is 0 Å². The molecule has 0 bridgehead atoms. The maximum Gasteiger partial charge on any atom is 0.0780 e. The van der Waals surface area contributed by atoms with E-state index in [1.807, 2.05) is 0 Å². The summed E-state index contributed by atoms with van der Waals surface area (Å²) in [7, 11) is 6.70. The molecule has 9 heavy (non-hydrogen) atoms. The van der Waals surface area contributed by atoms with Gasteiger partial charge in [-0.05, 0) is 6.42 Å². The van der Waals surface area contributed by atoms with Crippen molar-refractivity contribution in [3.8, 4) is 0 Å². The Morgan fingerprint density at radius 3 is 1.67 bits per heavy atom. The molecular formula is C7H18BrN. The Labute approximate surface area is 69.4 Å². The van der Waals surface area contributed by atoms with E-state index in [1.165, 1.54) is 19.4 Å². The molecule has 0 amide bonds. The molecule has 0 aliphatic carbocycles. The van der Waals surface area contributed by atoms with Gasteiger partial charge in [0.05, 0.1) is 27.7 Å². The molecule has 0 aromatic rings. The lowest BCUT2D eigenvalue weighted by molar-refractivity contribution is -0.870. The quantitative estimate of drug-likeness (QED) is 0.482. The number of hydrogen-bond acceptors (Lipinski definition) is 0. The van der Waals surface area contributed by atoms with Crippen LogP contribution in [0, 0.1) is 0 Å². The Hall–Kier alpha value is 0.440. The zero-order valence-corrected chi connectivity index (χ0v) is 8.53. The van der Waals surface area contributed by atoms with Crippen molar-refractivity contribution >= 4 is 0 Å². The molecule has 0 radical (unpaired) electrons. The van der Waals surface area contributed by atoms with Crippen LogP contribution in [0.5, 0.6) is 0 Å². The van der Waals surface area contributed by atoms with Gasteiger partial charge in [0.2, 0.25) is 0 Å². The maximum atomic E-state index is 2.23. The Morgan fingerprint density at radius 1 is 1.11 bits per heavy atom. The van der Waals surface area contributed by atoms with Crippen molar-refractivity contribution in [3.63, 3.8) is 0 Å². The summed E-state index contributed by atoms with van der Waals surface area (Å²) in [4.78, 5) is 0. The van der Waals surface area contributed by atoms with Gasteiger partial charge in [0, 0.05) is 0 Å². The van der Waals surface area contributed by atoms with Crippen molar-refractivity contribution in [2.24, 2.45) is 0 Å². The molecule has 0 aromatic carbocycles. The fraction of sp³-hybridized carbons (Fsp3) is 1.00. The summed E-state index contributed by atoms with van der Waals surface area (Å²) in [6, 6.07) is 0. The van der Waals surface area contributed by atoms with E-state index in [0.717, 1.165) is 4.48 Å². The third kappa shape index (κ3) is 11.8. The Bertz CT molecular complexity index is 56.4. The van der Waals surface area contributed by atoms with E-state index in [-0.39, 0.29) is 17.0 Å². The van der Waals surface area contributed by atoms with Crippen LogP contribution in [0.3, 0.4) is 0 Å².